The van der Waals surface area contributed by atoms with Crippen molar-refractivity contribution in [2.24, 2.45) is 0 Å². The predicted molar refractivity (Wildman–Crippen MR) is 124 cm³/mol. The zero-order valence-electron chi connectivity index (χ0n) is 18.6. The van der Waals surface area contributed by atoms with Crippen molar-refractivity contribution in [2.75, 3.05) is 11.9 Å². The first-order chi connectivity index (χ1) is 16.2. The number of imidazole rings is 1. The Balaban J connectivity index is 1.20. The number of carbonyl (C=O) groups is 1. The SMILES string of the molecule is O=C1CCc2c(Oc3ccc4c(c3)CC(c3ncc(C5CCCCC5)[nH]3)CO4)ccnc2N1. The lowest BCUT2D eigenvalue weighted by molar-refractivity contribution is -0.116. The Morgan fingerprint density at radius 3 is 2.85 bits per heavy atom. The number of ether oxygens (including phenoxy) is 2. The molecule has 3 aliphatic rings. The second-order valence-electron chi connectivity index (χ2n) is 9.33. The van der Waals surface area contributed by atoms with E-state index in [4.69, 9.17) is 14.5 Å². The second-order valence-corrected chi connectivity index (χ2v) is 9.33. The molecule has 3 aromatic rings. The average molecular weight is 445 g/mol. The summed E-state index contributed by atoms with van der Waals surface area (Å²) in [5.74, 6) is 4.82. The number of carbonyl (C=O) groups excluding carboxylic acids is 1. The maximum absolute atomic E-state index is 11.7. The van der Waals surface area contributed by atoms with Gasteiger partial charge >= 0.3 is 0 Å². The number of hydrogen-bond acceptors (Lipinski definition) is 5. The molecule has 4 heterocycles. The van der Waals surface area contributed by atoms with Crippen LogP contribution in [0.5, 0.6) is 17.2 Å². The minimum absolute atomic E-state index is 0.00584. The molecular weight excluding hydrogens is 416 g/mol. The van der Waals surface area contributed by atoms with Crippen molar-refractivity contribution in [3.63, 3.8) is 0 Å². The number of H-pyrrole nitrogens is 1. The van der Waals surface area contributed by atoms with Gasteiger partial charge in [-0.2, -0.15) is 0 Å². The van der Waals surface area contributed by atoms with E-state index in [1.54, 1.807) is 6.20 Å². The molecule has 1 saturated carbocycles. The maximum Gasteiger partial charge on any atom is 0.225 e. The van der Waals surface area contributed by atoms with Gasteiger partial charge in [0.05, 0.1) is 12.5 Å². The fourth-order valence-electron chi connectivity index (χ4n) is 5.27. The quantitative estimate of drug-likeness (QED) is 0.574. The molecule has 1 atom stereocenters. The Morgan fingerprint density at radius 2 is 1.94 bits per heavy atom. The van der Waals surface area contributed by atoms with Crippen molar-refractivity contribution < 1.29 is 14.3 Å². The lowest BCUT2D eigenvalue weighted by Crippen LogP contribution is -2.21. The van der Waals surface area contributed by atoms with Crippen LogP contribution in [-0.4, -0.2) is 27.5 Å². The molecule has 1 aliphatic carbocycles. The number of pyridine rings is 1. The molecule has 6 rings (SSSR count). The minimum atomic E-state index is -0.00584. The molecule has 1 unspecified atom stereocenters. The highest BCUT2D eigenvalue weighted by molar-refractivity contribution is 5.93. The van der Waals surface area contributed by atoms with Crippen LogP contribution >= 0.6 is 0 Å². The van der Waals surface area contributed by atoms with Crippen molar-refractivity contribution in [1.82, 2.24) is 15.0 Å². The van der Waals surface area contributed by atoms with E-state index in [9.17, 15) is 4.79 Å². The van der Waals surface area contributed by atoms with Gasteiger partial charge in [-0.15, -0.1) is 0 Å². The predicted octanol–water partition coefficient (Wildman–Crippen LogP) is 5.25. The van der Waals surface area contributed by atoms with E-state index < -0.39 is 0 Å². The molecule has 7 nitrogen and oxygen atoms in total. The molecule has 2 aliphatic heterocycles. The van der Waals surface area contributed by atoms with Gasteiger partial charge in [-0.3, -0.25) is 4.79 Å². The number of anilines is 1. The number of aromatic amines is 1. The molecule has 2 N–H and O–H groups in total. The van der Waals surface area contributed by atoms with Crippen LogP contribution in [-0.2, 0) is 17.6 Å². The maximum atomic E-state index is 11.7. The summed E-state index contributed by atoms with van der Waals surface area (Å²) in [6.45, 7) is 0.627. The van der Waals surface area contributed by atoms with Gasteiger partial charge in [0.15, 0.2) is 0 Å². The van der Waals surface area contributed by atoms with E-state index in [1.807, 2.05) is 24.4 Å². The van der Waals surface area contributed by atoms with Gasteiger partial charge in [-0.1, -0.05) is 19.3 Å². The van der Waals surface area contributed by atoms with Crippen LogP contribution in [0.4, 0.5) is 5.82 Å². The first kappa shape index (κ1) is 20.3. The van der Waals surface area contributed by atoms with E-state index in [-0.39, 0.29) is 11.8 Å². The summed E-state index contributed by atoms with van der Waals surface area (Å²) in [7, 11) is 0. The van der Waals surface area contributed by atoms with E-state index in [2.05, 4.69) is 21.4 Å². The number of amides is 1. The Bertz CT molecular complexity index is 1180. The van der Waals surface area contributed by atoms with Crippen molar-refractivity contribution in [3.8, 4) is 17.2 Å². The van der Waals surface area contributed by atoms with Gasteiger partial charge in [-0.25, -0.2) is 9.97 Å². The third-order valence-electron chi connectivity index (χ3n) is 7.09. The van der Waals surface area contributed by atoms with Crippen LogP contribution in [0.25, 0.3) is 0 Å². The van der Waals surface area contributed by atoms with Gasteiger partial charge in [0, 0.05) is 36.0 Å². The number of nitrogens with zero attached hydrogens (tertiary/aromatic N) is 2. The first-order valence-corrected chi connectivity index (χ1v) is 12.0. The zero-order chi connectivity index (χ0) is 22.2. The molecule has 170 valence electrons. The van der Waals surface area contributed by atoms with Gasteiger partial charge in [0.2, 0.25) is 5.91 Å². The van der Waals surface area contributed by atoms with Crippen molar-refractivity contribution in [1.29, 1.82) is 0 Å². The van der Waals surface area contributed by atoms with Gasteiger partial charge in [0.1, 0.15) is 28.9 Å². The van der Waals surface area contributed by atoms with E-state index >= 15 is 0 Å². The number of fused-ring (bicyclic) bond motifs is 2. The highest BCUT2D eigenvalue weighted by atomic mass is 16.5. The zero-order valence-corrected chi connectivity index (χ0v) is 18.6. The largest absolute Gasteiger partial charge is 0.493 e. The summed E-state index contributed by atoms with van der Waals surface area (Å²) in [6.07, 6.45) is 12.1. The molecule has 0 saturated heterocycles. The van der Waals surface area contributed by atoms with Gasteiger partial charge in [0.25, 0.3) is 0 Å². The second kappa shape index (κ2) is 8.54. The minimum Gasteiger partial charge on any atom is -0.493 e. The summed E-state index contributed by atoms with van der Waals surface area (Å²) in [4.78, 5) is 24.3. The summed E-state index contributed by atoms with van der Waals surface area (Å²) in [5.41, 5.74) is 3.34. The number of hydrogen-bond donors (Lipinski definition) is 2. The number of aromatic nitrogens is 3. The Labute approximate surface area is 192 Å². The fourth-order valence-corrected chi connectivity index (χ4v) is 5.27. The lowest BCUT2D eigenvalue weighted by Gasteiger charge is -2.25. The van der Waals surface area contributed by atoms with Crippen LogP contribution in [0.3, 0.4) is 0 Å². The van der Waals surface area contributed by atoms with E-state index in [0.29, 0.717) is 31.2 Å². The highest BCUT2D eigenvalue weighted by Gasteiger charge is 2.26. The van der Waals surface area contributed by atoms with E-state index in [1.165, 1.54) is 37.8 Å². The molecule has 0 spiro atoms. The first-order valence-electron chi connectivity index (χ1n) is 12.0. The van der Waals surface area contributed by atoms with Crippen LogP contribution in [0, 0.1) is 0 Å². The summed E-state index contributed by atoms with van der Waals surface area (Å²) in [5, 5.41) is 2.83. The third-order valence-corrected chi connectivity index (χ3v) is 7.09. The molecule has 1 aromatic carbocycles. The Hall–Kier alpha value is -3.35. The molecule has 0 radical (unpaired) electrons. The summed E-state index contributed by atoms with van der Waals surface area (Å²) >= 11 is 0. The molecule has 1 amide bonds. The summed E-state index contributed by atoms with van der Waals surface area (Å²) in [6, 6.07) is 7.82. The number of nitrogens with one attached hydrogen (secondary N) is 2. The fraction of sp³-hybridized carbons (Fsp3) is 0.423. The van der Waals surface area contributed by atoms with Crippen LogP contribution in [0.2, 0.25) is 0 Å². The smallest absolute Gasteiger partial charge is 0.225 e. The van der Waals surface area contributed by atoms with E-state index in [0.717, 1.165) is 40.6 Å². The summed E-state index contributed by atoms with van der Waals surface area (Å²) < 4.78 is 12.3. The normalized spacial score (nSPS) is 20.4. The average Bonchev–Trinajstić information content (AvgIpc) is 3.35. The number of rotatable bonds is 4. The van der Waals surface area contributed by atoms with Gasteiger partial charge < -0.3 is 19.8 Å². The highest BCUT2D eigenvalue weighted by Crippen LogP contribution is 2.38. The number of benzene rings is 1. The molecule has 0 bridgehead atoms. The topological polar surface area (TPSA) is 89.1 Å². The van der Waals surface area contributed by atoms with Crippen LogP contribution < -0.4 is 14.8 Å². The van der Waals surface area contributed by atoms with Crippen molar-refractivity contribution >= 4 is 11.7 Å². The molecule has 1 fully saturated rings. The van der Waals surface area contributed by atoms with Gasteiger partial charge in [-0.05, 0) is 55.5 Å². The van der Waals surface area contributed by atoms with Crippen LogP contribution in [0.15, 0.2) is 36.7 Å². The molecule has 7 heteroatoms. The third kappa shape index (κ3) is 4.08. The standard InChI is InChI=1S/C26H28N4O3/c31-24-9-7-20-23(10-11-27-26(20)30-24)33-19-6-8-22-17(13-19)12-18(15-32-22)25-28-14-21(29-25)16-4-2-1-3-5-16/h6,8,10-11,13-14,16,18H,1-5,7,9,12,15H2,(H,28,29)(H,27,30,31). The molecule has 33 heavy (non-hydrogen) atoms. The molecular formula is C26H28N4O3. The lowest BCUT2D eigenvalue weighted by atomic mass is 9.87. The Kier molecular flexibility index (Phi) is 5.24. The van der Waals surface area contributed by atoms with Crippen molar-refractivity contribution in [3.05, 3.63) is 59.3 Å². The molecule has 2 aromatic heterocycles. The Morgan fingerprint density at radius 1 is 1.03 bits per heavy atom. The monoisotopic (exact) mass is 444 g/mol. The van der Waals surface area contributed by atoms with Crippen LogP contribution in [0.1, 0.15) is 73.0 Å². The van der Waals surface area contributed by atoms with Crippen molar-refractivity contribution in [2.45, 2.75) is 63.2 Å².